The van der Waals surface area contributed by atoms with Crippen LogP contribution in [0.25, 0.3) is 78.8 Å². The zero-order chi connectivity index (χ0) is 32.6. The largest absolute Gasteiger partial charge is 0.387 e. The average Bonchev–Trinajstić information content (AvgIpc) is 3.53. The van der Waals surface area contributed by atoms with Crippen molar-refractivity contribution in [1.29, 1.82) is 0 Å². The summed E-state index contributed by atoms with van der Waals surface area (Å²) in [5.74, 6) is 0.884. The van der Waals surface area contributed by atoms with E-state index in [2.05, 4.69) is 148 Å². The zero-order valence-corrected chi connectivity index (χ0v) is 29.4. The highest BCUT2D eigenvalue weighted by Crippen LogP contribution is 2.36. The Morgan fingerprint density at radius 1 is 0.520 bits per heavy atom. The first-order chi connectivity index (χ1) is 24.3. The van der Waals surface area contributed by atoms with Gasteiger partial charge in [-0.1, -0.05) is 84.9 Å². The lowest BCUT2D eigenvalue weighted by atomic mass is 9.94. The van der Waals surface area contributed by atoms with Crippen molar-refractivity contribution in [2.45, 2.75) is 6.54 Å². The van der Waals surface area contributed by atoms with Crippen LogP contribution < -0.4 is 5.32 Å². The smallest absolute Gasteiger partial charge is 0.137 e. The van der Waals surface area contributed by atoms with Crippen LogP contribution in [0.2, 0.25) is 0 Å². The van der Waals surface area contributed by atoms with E-state index in [1.807, 2.05) is 36.8 Å². The second-order valence-electron chi connectivity index (χ2n) is 12.2. The minimum Gasteiger partial charge on any atom is -0.387 e. The second-order valence-corrected chi connectivity index (χ2v) is 12.2. The van der Waals surface area contributed by atoms with Gasteiger partial charge in [0.05, 0.1) is 28.3 Å². The zero-order valence-electron chi connectivity index (χ0n) is 27.1. The van der Waals surface area contributed by atoms with Gasteiger partial charge in [-0.25, -0.2) is 9.97 Å². The molecule has 5 heterocycles. The lowest BCUT2D eigenvalue weighted by Gasteiger charge is -2.14. The lowest BCUT2D eigenvalue weighted by molar-refractivity contribution is 0.852. The summed E-state index contributed by atoms with van der Waals surface area (Å²) in [5.41, 5.74) is 13.8. The van der Waals surface area contributed by atoms with Gasteiger partial charge < -0.3 is 5.32 Å². The topological polar surface area (TPSA) is 55.6 Å². The van der Waals surface area contributed by atoms with E-state index >= 15 is 0 Å². The van der Waals surface area contributed by atoms with Crippen molar-refractivity contribution in [2.24, 2.45) is 0 Å². The third-order valence-corrected chi connectivity index (χ3v) is 9.16. The molecule has 0 radical (unpaired) electrons. The Labute approximate surface area is 308 Å². The molecule has 1 aliphatic heterocycles. The van der Waals surface area contributed by atoms with Crippen molar-refractivity contribution in [3.8, 4) is 61.8 Å². The quantitative estimate of drug-likeness (QED) is 0.172. The summed E-state index contributed by atoms with van der Waals surface area (Å²) >= 11 is 0. The maximum Gasteiger partial charge on any atom is 0.137 e. The highest BCUT2D eigenvalue weighted by atomic mass is 127. The van der Waals surface area contributed by atoms with Crippen molar-refractivity contribution in [2.75, 3.05) is 0 Å². The molecule has 0 atom stereocenters. The third kappa shape index (κ3) is 5.88. The summed E-state index contributed by atoms with van der Waals surface area (Å²) in [6.07, 6.45) is 7.93. The van der Waals surface area contributed by atoms with Gasteiger partial charge in [-0.05, 0) is 101 Å². The Bertz CT molecular complexity index is 2410. The number of nitrogens with zero attached hydrogens (tertiary/aromatic N) is 4. The molecule has 0 fully saturated rings. The predicted octanol–water partition coefficient (Wildman–Crippen LogP) is 10.8. The number of hydrogen-bond acceptors (Lipinski definition) is 4. The maximum absolute atomic E-state index is 5.21. The number of fused-ring (bicyclic) bond motifs is 3. The number of para-hydroxylation sites is 1. The third-order valence-electron chi connectivity index (χ3n) is 9.16. The van der Waals surface area contributed by atoms with E-state index < -0.39 is 0 Å². The SMILES string of the molecule is C1=Cc2c(c3ccccc3n2-c2ccc(-c3cc(-c4cc(-c5ccccc5)cc(-c5ccccc5)c4)nc(-c4ccccn4)c3)cn2)CN1.I. The van der Waals surface area contributed by atoms with E-state index in [0.29, 0.717) is 0 Å². The predicted molar refractivity (Wildman–Crippen MR) is 215 cm³/mol. The van der Waals surface area contributed by atoms with Gasteiger partial charge in [0.2, 0.25) is 0 Å². The number of halogens is 1. The molecule has 240 valence electrons. The van der Waals surface area contributed by atoms with Gasteiger partial charge >= 0.3 is 0 Å². The van der Waals surface area contributed by atoms with Crippen LogP contribution in [0.5, 0.6) is 0 Å². The molecule has 0 saturated carbocycles. The van der Waals surface area contributed by atoms with Gasteiger partial charge in [0.25, 0.3) is 0 Å². The Kier molecular flexibility index (Phi) is 8.52. The number of nitrogens with one attached hydrogen (secondary N) is 1. The summed E-state index contributed by atoms with van der Waals surface area (Å²) in [7, 11) is 0. The standard InChI is InChI=1S/C44H31N5.HI/c1-3-11-30(12-4-1)33-23-34(31-13-5-2-6-14-31)25-36(24-33)40-26-35(27-41(48-40)39-16-9-10-21-46-39)32-18-19-44(47-28-32)49-42-17-8-7-15-37(42)38-29-45-22-20-43(38)49;/h1-28,45H,29H2;1H. The van der Waals surface area contributed by atoms with Crippen LogP contribution in [-0.4, -0.2) is 19.5 Å². The minimum atomic E-state index is 0. The van der Waals surface area contributed by atoms with E-state index in [1.165, 1.54) is 10.9 Å². The molecule has 9 rings (SSSR count). The molecule has 0 unspecified atom stereocenters. The molecule has 0 saturated heterocycles. The molecular weight excluding hydrogens is 725 g/mol. The molecule has 0 spiro atoms. The van der Waals surface area contributed by atoms with Gasteiger partial charge in [-0.3, -0.25) is 9.55 Å². The van der Waals surface area contributed by atoms with E-state index in [0.717, 1.165) is 79.6 Å². The fourth-order valence-corrected chi connectivity index (χ4v) is 6.78. The molecule has 8 aromatic rings. The molecule has 0 aliphatic carbocycles. The maximum atomic E-state index is 5.21. The number of benzene rings is 4. The highest BCUT2D eigenvalue weighted by molar-refractivity contribution is 14.0. The van der Waals surface area contributed by atoms with Gasteiger partial charge in [-0.2, -0.15) is 0 Å². The first kappa shape index (κ1) is 31.4. The molecule has 0 amide bonds. The van der Waals surface area contributed by atoms with Crippen molar-refractivity contribution in [3.05, 3.63) is 175 Å². The molecule has 1 N–H and O–H groups in total. The van der Waals surface area contributed by atoms with Gasteiger partial charge in [0.1, 0.15) is 5.82 Å². The fourth-order valence-electron chi connectivity index (χ4n) is 6.78. The Morgan fingerprint density at radius 3 is 1.88 bits per heavy atom. The average molecular weight is 758 g/mol. The summed E-state index contributed by atoms with van der Waals surface area (Å²) < 4.78 is 2.25. The molecule has 4 aromatic heterocycles. The molecule has 5 nitrogen and oxygen atoms in total. The second kappa shape index (κ2) is 13.6. The highest BCUT2D eigenvalue weighted by Gasteiger charge is 2.19. The summed E-state index contributed by atoms with van der Waals surface area (Å²) in [6.45, 7) is 0.797. The van der Waals surface area contributed by atoms with E-state index in [1.54, 1.807) is 0 Å². The Hall–Kier alpha value is -5.86. The first-order valence-corrected chi connectivity index (χ1v) is 16.5. The molecule has 6 heteroatoms. The van der Waals surface area contributed by atoms with Crippen LogP contribution in [-0.2, 0) is 6.54 Å². The number of aromatic nitrogens is 4. The van der Waals surface area contributed by atoms with E-state index in [-0.39, 0.29) is 24.0 Å². The number of hydrogen-bond donors (Lipinski definition) is 1. The Morgan fingerprint density at radius 2 is 1.18 bits per heavy atom. The summed E-state index contributed by atoms with van der Waals surface area (Å²) in [6, 6.07) is 50.8. The molecular formula is C44H32IN5. The van der Waals surface area contributed by atoms with Crippen LogP contribution in [0.1, 0.15) is 11.3 Å². The number of pyridine rings is 3. The molecule has 50 heavy (non-hydrogen) atoms. The summed E-state index contributed by atoms with van der Waals surface area (Å²) in [5, 5.41) is 4.61. The van der Waals surface area contributed by atoms with Gasteiger partial charge in [0.15, 0.2) is 0 Å². The van der Waals surface area contributed by atoms with Crippen molar-refractivity contribution in [1.82, 2.24) is 24.8 Å². The van der Waals surface area contributed by atoms with E-state index in [4.69, 9.17) is 9.97 Å². The first-order valence-electron chi connectivity index (χ1n) is 16.5. The lowest BCUT2D eigenvalue weighted by Crippen LogP contribution is -2.11. The van der Waals surface area contributed by atoms with Crippen LogP contribution in [0, 0.1) is 0 Å². The minimum absolute atomic E-state index is 0. The van der Waals surface area contributed by atoms with Crippen molar-refractivity contribution >= 4 is 41.0 Å². The molecule has 1 aliphatic rings. The monoisotopic (exact) mass is 757 g/mol. The van der Waals surface area contributed by atoms with Gasteiger partial charge in [-0.15, -0.1) is 24.0 Å². The van der Waals surface area contributed by atoms with E-state index in [9.17, 15) is 0 Å². The molecule has 4 aromatic carbocycles. The van der Waals surface area contributed by atoms with Crippen molar-refractivity contribution in [3.63, 3.8) is 0 Å². The molecule has 0 bridgehead atoms. The Balaban J connectivity index is 0.00000361. The van der Waals surface area contributed by atoms with Crippen LogP contribution in [0.15, 0.2) is 164 Å². The van der Waals surface area contributed by atoms with Crippen LogP contribution in [0.4, 0.5) is 0 Å². The van der Waals surface area contributed by atoms with Crippen LogP contribution in [0.3, 0.4) is 0 Å². The van der Waals surface area contributed by atoms with Gasteiger partial charge in [0, 0.05) is 41.0 Å². The number of rotatable bonds is 6. The fraction of sp³-hybridized carbons (Fsp3) is 0.0227. The van der Waals surface area contributed by atoms with Crippen molar-refractivity contribution < 1.29 is 0 Å². The summed E-state index contributed by atoms with van der Waals surface area (Å²) in [4.78, 5) is 14.9. The van der Waals surface area contributed by atoms with Crippen LogP contribution >= 0.6 is 24.0 Å². The normalized spacial score (nSPS) is 11.8.